The monoisotopic (exact) mass is 424 g/mol. The van der Waals surface area contributed by atoms with E-state index in [1.165, 1.54) is 18.2 Å². The highest BCUT2D eigenvalue weighted by Gasteiger charge is 2.20. The van der Waals surface area contributed by atoms with Crippen molar-refractivity contribution in [2.45, 2.75) is 33.5 Å². The summed E-state index contributed by atoms with van der Waals surface area (Å²) in [6.45, 7) is 9.96. The van der Waals surface area contributed by atoms with Crippen LogP contribution in [-0.4, -0.2) is 38.5 Å². The molecule has 0 saturated carbocycles. The number of anilines is 1. The Labute approximate surface area is 173 Å². The second-order valence-electron chi connectivity index (χ2n) is 8.07. The largest absolute Gasteiger partial charge is 0.436 e. The molecule has 0 aliphatic carbocycles. The van der Waals surface area contributed by atoms with E-state index in [2.05, 4.69) is 45.0 Å². The van der Waals surface area contributed by atoms with Crippen molar-refractivity contribution in [3.05, 3.63) is 53.8 Å². The fraction of sp³-hybridized carbons (Fsp3) is 0.250. The minimum absolute atomic E-state index is 0.118. The number of aromatic nitrogens is 5. The highest BCUT2D eigenvalue weighted by atomic mass is 28.3. The van der Waals surface area contributed by atoms with Gasteiger partial charge in [-0.25, -0.2) is 18.9 Å². The Bertz CT molecular complexity index is 1270. The van der Waals surface area contributed by atoms with E-state index in [1.807, 2.05) is 6.20 Å². The molecular formula is C20H21FN6O2Si. The summed E-state index contributed by atoms with van der Waals surface area (Å²) < 4.78 is 21.4. The third-order valence-electron chi connectivity index (χ3n) is 4.63. The van der Waals surface area contributed by atoms with Gasteiger partial charge in [-0.05, 0) is 30.3 Å². The lowest BCUT2D eigenvalue weighted by Gasteiger charge is -2.14. The highest BCUT2D eigenvalue weighted by Crippen LogP contribution is 2.24. The van der Waals surface area contributed by atoms with E-state index in [-0.39, 0.29) is 17.1 Å². The maximum Gasteiger partial charge on any atom is 0.293 e. The first-order valence-electron chi connectivity index (χ1n) is 9.40. The second kappa shape index (κ2) is 7.13. The van der Waals surface area contributed by atoms with Gasteiger partial charge in [0.2, 0.25) is 5.76 Å². The van der Waals surface area contributed by atoms with E-state index in [0.717, 1.165) is 5.19 Å². The minimum Gasteiger partial charge on any atom is -0.436 e. The lowest BCUT2D eigenvalue weighted by molar-refractivity contribution is 0.0994. The Balaban J connectivity index is 1.68. The van der Waals surface area contributed by atoms with Crippen molar-refractivity contribution >= 4 is 30.6 Å². The molecule has 0 saturated heterocycles. The Morgan fingerprint density at radius 1 is 1.20 bits per heavy atom. The van der Waals surface area contributed by atoms with Crippen molar-refractivity contribution in [1.82, 2.24) is 24.6 Å². The van der Waals surface area contributed by atoms with Crippen molar-refractivity contribution in [3.8, 4) is 11.4 Å². The molecule has 0 radical (unpaired) electrons. The van der Waals surface area contributed by atoms with Crippen LogP contribution in [0.1, 0.15) is 22.1 Å². The predicted molar refractivity (Wildman–Crippen MR) is 113 cm³/mol. The number of nitrogens with zero attached hydrogens (tertiary/aromatic N) is 5. The molecule has 0 aliphatic heterocycles. The molecule has 154 valence electrons. The number of oxazole rings is 1. The van der Waals surface area contributed by atoms with E-state index in [1.54, 1.807) is 24.6 Å². The molecule has 0 bridgehead atoms. The number of carbonyl (C=O) groups excluding carboxylic acids is 1. The number of benzene rings is 1. The van der Waals surface area contributed by atoms with E-state index >= 15 is 0 Å². The number of rotatable bonds is 4. The molecule has 3 heterocycles. The van der Waals surface area contributed by atoms with Gasteiger partial charge in [0.25, 0.3) is 11.7 Å². The summed E-state index contributed by atoms with van der Waals surface area (Å²) in [6.07, 6.45) is 3.69. The van der Waals surface area contributed by atoms with Gasteiger partial charge in [-0.3, -0.25) is 4.79 Å². The van der Waals surface area contributed by atoms with Crippen LogP contribution < -0.4 is 10.5 Å². The van der Waals surface area contributed by atoms with Crippen LogP contribution in [0, 0.1) is 19.7 Å². The van der Waals surface area contributed by atoms with Gasteiger partial charge >= 0.3 is 0 Å². The van der Waals surface area contributed by atoms with Gasteiger partial charge in [0.15, 0.2) is 11.7 Å². The van der Waals surface area contributed by atoms with Crippen LogP contribution in [0.4, 0.5) is 10.1 Å². The van der Waals surface area contributed by atoms with E-state index in [9.17, 15) is 9.18 Å². The van der Waals surface area contributed by atoms with Crippen molar-refractivity contribution in [2.24, 2.45) is 0 Å². The van der Waals surface area contributed by atoms with Gasteiger partial charge in [-0.1, -0.05) is 19.6 Å². The molecule has 0 fully saturated rings. The summed E-state index contributed by atoms with van der Waals surface area (Å²) in [6, 6.07) is 4.21. The van der Waals surface area contributed by atoms with Crippen LogP contribution in [0.2, 0.25) is 19.6 Å². The Morgan fingerprint density at radius 3 is 2.63 bits per heavy atom. The van der Waals surface area contributed by atoms with Crippen molar-refractivity contribution in [1.29, 1.82) is 0 Å². The van der Waals surface area contributed by atoms with E-state index < -0.39 is 19.8 Å². The molecule has 1 N–H and O–H groups in total. The standard InChI is InChI=1S/C20H21FN6O2Si/c1-11-17(29-12(2)23-11)19(28)24-13-6-7-16(21)15(8-13)18-25-20-22-9-14(30(3,4)5)10-27(20)26-18/h6-10H,1-5H3,(H,24,28). The van der Waals surface area contributed by atoms with Crippen LogP contribution in [0.5, 0.6) is 0 Å². The zero-order valence-electron chi connectivity index (χ0n) is 17.3. The SMILES string of the molecule is Cc1nc(C)c(C(=O)Nc2ccc(F)c(-c3nc4ncc([Si](C)(C)C)cn4n3)c2)o1. The minimum atomic E-state index is -1.58. The predicted octanol–water partition coefficient (Wildman–Crippen LogP) is 3.33. The number of hydrogen-bond acceptors (Lipinski definition) is 6. The van der Waals surface area contributed by atoms with Gasteiger partial charge in [0, 0.05) is 25.0 Å². The molecule has 3 aromatic heterocycles. The molecule has 0 atom stereocenters. The van der Waals surface area contributed by atoms with E-state index in [0.29, 0.717) is 23.0 Å². The molecule has 0 spiro atoms. The maximum absolute atomic E-state index is 14.5. The third-order valence-corrected chi connectivity index (χ3v) is 6.62. The molecule has 0 unspecified atom stereocenters. The highest BCUT2D eigenvalue weighted by molar-refractivity contribution is 6.88. The van der Waals surface area contributed by atoms with Gasteiger partial charge in [0.1, 0.15) is 5.82 Å². The first-order chi connectivity index (χ1) is 14.1. The number of aryl methyl sites for hydroxylation is 2. The third kappa shape index (κ3) is 3.73. The first kappa shape index (κ1) is 19.9. The summed E-state index contributed by atoms with van der Waals surface area (Å²) in [7, 11) is -1.58. The Morgan fingerprint density at radius 2 is 1.97 bits per heavy atom. The summed E-state index contributed by atoms with van der Waals surface area (Å²) >= 11 is 0. The Kier molecular flexibility index (Phi) is 4.73. The molecule has 8 nitrogen and oxygen atoms in total. The number of fused-ring (bicyclic) bond motifs is 1. The zero-order chi connectivity index (χ0) is 21.6. The molecule has 0 aliphatic rings. The van der Waals surface area contributed by atoms with Crippen LogP contribution >= 0.6 is 0 Å². The lowest BCUT2D eigenvalue weighted by atomic mass is 10.1. The first-order valence-corrected chi connectivity index (χ1v) is 12.9. The topological polar surface area (TPSA) is 98.2 Å². The molecule has 1 aromatic carbocycles. The van der Waals surface area contributed by atoms with Crippen molar-refractivity contribution in [2.75, 3.05) is 5.32 Å². The number of halogens is 1. The van der Waals surface area contributed by atoms with Crippen molar-refractivity contribution in [3.63, 3.8) is 0 Å². The number of nitrogens with one attached hydrogen (secondary N) is 1. The average molecular weight is 425 g/mol. The maximum atomic E-state index is 14.5. The lowest BCUT2D eigenvalue weighted by Crippen LogP contribution is -2.38. The number of amides is 1. The summed E-state index contributed by atoms with van der Waals surface area (Å²) in [5.41, 5.74) is 1.04. The second-order valence-corrected chi connectivity index (χ2v) is 13.1. The van der Waals surface area contributed by atoms with Gasteiger partial charge in [-0.15, -0.1) is 5.10 Å². The fourth-order valence-corrected chi connectivity index (χ4v) is 3.95. The van der Waals surface area contributed by atoms with Crippen LogP contribution in [0.25, 0.3) is 17.2 Å². The van der Waals surface area contributed by atoms with Crippen molar-refractivity contribution < 1.29 is 13.6 Å². The van der Waals surface area contributed by atoms with Gasteiger partial charge < -0.3 is 9.73 Å². The molecular weight excluding hydrogens is 403 g/mol. The molecule has 4 rings (SSSR count). The molecule has 10 heteroatoms. The van der Waals surface area contributed by atoms with Crippen LogP contribution in [0.3, 0.4) is 0 Å². The molecule has 1 amide bonds. The number of carbonyl (C=O) groups is 1. The Hall–Kier alpha value is -3.40. The normalized spacial score (nSPS) is 11.8. The summed E-state index contributed by atoms with van der Waals surface area (Å²) in [4.78, 5) is 25.3. The summed E-state index contributed by atoms with van der Waals surface area (Å²) in [5, 5.41) is 8.21. The van der Waals surface area contributed by atoms with Gasteiger partial charge in [0.05, 0.1) is 19.3 Å². The molecule has 4 aromatic rings. The van der Waals surface area contributed by atoms with Gasteiger partial charge in [-0.2, -0.15) is 4.98 Å². The smallest absolute Gasteiger partial charge is 0.293 e. The molecule has 30 heavy (non-hydrogen) atoms. The number of hydrogen-bond donors (Lipinski definition) is 1. The summed E-state index contributed by atoms with van der Waals surface area (Å²) in [5.74, 6) is 0.129. The fourth-order valence-electron chi connectivity index (χ4n) is 2.99. The quantitative estimate of drug-likeness (QED) is 0.505. The average Bonchev–Trinajstić information content (AvgIpc) is 3.24. The zero-order valence-corrected chi connectivity index (χ0v) is 18.3. The van der Waals surface area contributed by atoms with E-state index in [4.69, 9.17) is 4.42 Å². The van der Waals surface area contributed by atoms with Crippen LogP contribution in [-0.2, 0) is 0 Å². The van der Waals surface area contributed by atoms with Crippen LogP contribution in [0.15, 0.2) is 35.0 Å².